The Hall–Kier alpha value is -4.06. The highest BCUT2D eigenvalue weighted by molar-refractivity contribution is 5.95. The maximum absolute atomic E-state index is 13.4. The lowest BCUT2D eigenvalue weighted by molar-refractivity contribution is -0.140. The van der Waals surface area contributed by atoms with Crippen molar-refractivity contribution in [1.82, 2.24) is 10.2 Å². The molecule has 1 unspecified atom stereocenters. The number of hydrogen-bond acceptors (Lipinski definition) is 4. The first-order chi connectivity index (χ1) is 17.4. The Morgan fingerprint density at radius 1 is 0.917 bits per heavy atom. The molecule has 1 aliphatic heterocycles. The van der Waals surface area contributed by atoms with Crippen LogP contribution in [-0.2, 0) is 22.7 Å². The van der Waals surface area contributed by atoms with Gasteiger partial charge in [-0.25, -0.2) is 9.59 Å². The summed E-state index contributed by atoms with van der Waals surface area (Å²) in [4.78, 5) is 28.3. The van der Waals surface area contributed by atoms with Crippen LogP contribution < -0.4 is 10.1 Å². The highest BCUT2D eigenvalue weighted by Crippen LogP contribution is 2.36. The van der Waals surface area contributed by atoms with Gasteiger partial charge in [-0.2, -0.15) is 0 Å². The van der Waals surface area contributed by atoms with E-state index < -0.39 is 12.0 Å². The van der Waals surface area contributed by atoms with Crippen molar-refractivity contribution < 1.29 is 19.1 Å². The van der Waals surface area contributed by atoms with Crippen molar-refractivity contribution in [2.24, 2.45) is 5.92 Å². The van der Waals surface area contributed by atoms with Gasteiger partial charge < -0.3 is 14.8 Å². The predicted octanol–water partition coefficient (Wildman–Crippen LogP) is 6.01. The maximum Gasteiger partial charge on any atom is 0.338 e. The van der Waals surface area contributed by atoms with E-state index in [0.717, 1.165) is 11.1 Å². The Kier molecular flexibility index (Phi) is 8.06. The van der Waals surface area contributed by atoms with Crippen molar-refractivity contribution in [3.63, 3.8) is 0 Å². The minimum atomic E-state index is -0.698. The van der Waals surface area contributed by atoms with Crippen molar-refractivity contribution in [3.05, 3.63) is 113 Å². The number of rotatable bonds is 9. The number of carbonyl (C=O) groups excluding carboxylic acids is 2. The van der Waals surface area contributed by atoms with Crippen molar-refractivity contribution >= 4 is 12.0 Å². The van der Waals surface area contributed by atoms with Crippen LogP contribution in [-0.4, -0.2) is 23.5 Å². The molecule has 0 spiro atoms. The second-order valence-corrected chi connectivity index (χ2v) is 9.26. The summed E-state index contributed by atoms with van der Waals surface area (Å²) in [6.45, 7) is 6.79. The fourth-order valence-corrected chi connectivity index (χ4v) is 4.14. The molecule has 3 aromatic rings. The van der Waals surface area contributed by atoms with Crippen molar-refractivity contribution in [3.8, 4) is 5.75 Å². The van der Waals surface area contributed by atoms with E-state index in [9.17, 15) is 9.59 Å². The van der Waals surface area contributed by atoms with Crippen LogP contribution in [0.1, 0.15) is 43.5 Å². The molecule has 186 valence electrons. The van der Waals surface area contributed by atoms with E-state index in [0.29, 0.717) is 42.3 Å². The lowest BCUT2D eigenvalue weighted by Gasteiger charge is -2.36. The van der Waals surface area contributed by atoms with Gasteiger partial charge in [-0.3, -0.25) is 4.90 Å². The quantitative estimate of drug-likeness (QED) is 0.378. The van der Waals surface area contributed by atoms with Gasteiger partial charge in [0.2, 0.25) is 0 Å². The largest absolute Gasteiger partial charge is 0.489 e. The lowest BCUT2D eigenvalue weighted by Crippen LogP contribution is -2.47. The zero-order valence-electron chi connectivity index (χ0n) is 20.9. The van der Waals surface area contributed by atoms with Crippen LogP contribution in [0.3, 0.4) is 0 Å². The first kappa shape index (κ1) is 25.0. The van der Waals surface area contributed by atoms with Crippen LogP contribution in [0.4, 0.5) is 4.79 Å². The van der Waals surface area contributed by atoms with E-state index in [1.165, 1.54) is 0 Å². The number of ether oxygens (including phenoxy) is 2. The fourth-order valence-electron chi connectivity index (χ4n) is 4.14. The van der Waals surface area contributed by atoms with Gasteiger partial charge >= 0.3 is 12.0 Å². The van der Waals surface area contributed by atoms with Gasteiger partial charge in [0.25, 0.3) is 0 Å². The number of benzene rings is 3. The first-order valence-corrected chi connectivity index (χ1v) is 12.2. The monoisotopic (exact) mass is 484 g/mol. The molecular formula is C30H32N2O4. The highest BCUT2D eigenvalue weighted by atomic mass is 16.5. The third-order valence-electron chi connectivity index (χ3n) is 6.01. The zero-order chi connectivity index (χ0) is 25.5. The Morgan fingerprint density at radius 2 is 1.53 bits per heavy atom. The molecule has 2 amide bonds. The average molecular weight is 485 g/mol. The molecule has 0 radical (unpaired) electrons. The van der Waals surface area contributed by atoms with Crippen LogP contribution in [0.15, 0.2) is 96.2 Å². The molecule has 1 atom stereocenters. The molecule has 1 heterocycles. The van der Waals surface area contributed by atoms with Gasteiger partial charge in [-0.15, -0.1) is 0 Å². The molecule has 3 aromatic carbocycles. The maximum atomic E-state index is 13.4. The summed E-state index contributed by atoms with van der Waals surface area (Å²) in [6, 6.07) is 26.1. The molecule has 6 heteroatoms. The molecule has 0 aromatic heterocycles. The fraction of sp³-hybridized carbons (Fsp3) is 0.267. The summed E-state index contributed by atoms with van der Waals surface area (Å²) in [5.41, 5.74) is 3.67. The smallest absolute Gasteiger partial charge is 0.338 e. The molecule has 0 bridgehead atoms. The Morgan fingerprint density at radius 3 is 2.19 bits per heavy atom. The Labute approximate surface area is 212 Å². The lowest BCUT2D eigenvalue weighted by atomic mass is 9.94. The first-order valence-electron chi connectivity index (χ1n) is 12.2. The van der Waals surface area contributed by atoms with Crippen LogP contribution in [0.2, 0.25) is 0 Å². The van der Waals surface area contributed by atoms with E-state index in [1.54, 1.807) is 11.8 Å². The van der Waals surface area contributed by atoms with Crippen molar-refractivity contribution in [2.75, 3.05) is 6.61 Å². The number of amides is 2. The Balaban J connectivity index is 1.69. The van der Waals surface area contributed by atoms with Gasteiger partial charge in [0, 0.05) is 11.3 Å². The summed E-state index contributed by atoms with van der Waals surface area (Å²) in [6.07, 6.45) is 0. The van der Waals surface area contributed by atoms with E-state index in [1.807, 2.05) is 98.8 Å². The van der Waals surface area contributed by atoms with Crippen LogP contribution in [0.25, 0.3) is 0 Å². The number of hydrogen-bond donors (Lipinski definition) is 1. The van der Waals surface area contributed by atoms with Crippen molar-refractivity contribution in [2.45, 2.75) is 40.0 Å². The molecule has 0 saturated carbocycles. The van der Waals surface area contributed by atoms with Gasteiger partial charge in [-0.1, -0.05) is 92.7 Å². The molecule has 6 nitrogen and oxygen atoms in total. The van der Waals surface area contributed by atoms with E-state index >= 15 is 0 Å². The minimum Gasteiger partial charge on any atom is -0.489 e. The molecule has 0 saturated heterocycles. The third kappa shape index (κ3) is 5.95. The zero-order valence-corrected chi connectivity index (χ0v) is 20.9. The van der Waals surface area contributed by atoms with E-state index in [2.05, 4.69) is 5.32 Å². The molecule has 36 heavy (non-hydrogen) atoms. The summed E-state index contributed by atoms with van der Waals surface area (Å²) < 4.78 is 11.8. The standard InChI is InChI=1S/C30H32N2O4/c1-21(2)19-36-29(33)27-22(3)32(18-23-12-6-4-7-13-23)30(34)31-28(27)25-16-10-11-17-26(25)35-20-24-14-8-5-9-15-24/h4-17,21,28H,18-20H2,1-3H3,(H,31,34). The number of carbonyl (C=O) groups is 2. The third-order valence-corrected chi connectivity index (χ3v) is 6.01. The van der Waals surface area contributed by atoms with Crippen LogP contribution >= 0.6 is 0 Å². The summed E-state index contributed by atoms with van der Waals surface area (Å²) in [5.74, 6) is 0.348. The van der Waals surface area contributed by atoms with Gasteiger partial charge in [0.05, 0.1) is 24.8 Å². The molecule has 0 aliphatic carbocycles. The summed E-state index contributed by atoms with van der Waals surface area (Å²) in [5, 5.41) is 3.04. The molecule has 1 N–H and O–H groups in total. The van der Waals surface area contributed by atoms with Gasteiger partial charge in [-0.05, 0) is 30.0 Å². The SMILES string of the molecule is CC1=C(C(=O)OCC(C)C)C(c2ccccc2OCc2ccccc2)NC(=O)N1Cc1ccccc1. The number of urea groups is 1. The normalized spacial score (nSPS) is 15.6. The molecular weight excluding hydrogens is 452 g/mol. The van der Waals surface area contributed by atoms with Crippen molar-refractivity contribution in [1.29, 1.82) is 0 Å². The highest BCUT2D eigenvalue weighted by Gasteiger charge is 2.37. The second-order valence-electron chi connectivity index (χ2n) is 9.26. The second kappa shape index (κ2) is 11.6. The molecule has 0 fully saturated rings. The Bertz CT molecular complexity index is 1220. The molecule has 1 aliphatic rings. The summed E-state index contributed by atoms with van der Waals surface area (Å²) >= 11 is 0. The summed E-state index contributed by atoms with van der Waals surface area (Å²) in [7, 11) is 0. The number of esters is 1. The van der Waals surface area contributed by atoms with E-state index in [4.69, 9.17) is 9.47 Å². The predicted molar refractivity (Wildman–Crippen MR) is 139 cm³/mol. The number of nitrogens with zero attached hydrogens (tertiary/aromatic N) is 1. The minimum absolute atomic E-state index is 0.188. The average Bonchev–Trinajstić information content (AvgIpc) is 2.89. The van der Waals surface area contributed by atoms with Gasteiger partial charge in [0.15, 0.2) is 0 Å². The van der Waals surface area contributed by atoms with Gasteiger partial charge in [0.1, 0.15) is 12.4 Å². The molecule has 4 rings (SSSR count). The number of nitrogens with one attached hydrogen (secondary N) is 1. The van der Waals surface area contributed by atoms with E-state index in [-0.39, 0.29) is 11.9 Å². The number of para-hydroxylation sites is 1. The topological polar surface area (TPSA) is 67.9 Å². The number of allylic oxidation sites excluding steroid dienone is 1. The van der Waals surface area contributed by atoms with Crippen LogP contribution in [0, 0.1) is 5.92 Å². The van der Waals surface area contributed by atoms with Crippen LogP contribution in [0.5, 0.6) is 5.75 Å².